The summed E-state index contributed by atoms with van der Waals surface area (Å²) < 4.78 is 10.8. The molecule has 0 radical (unpaired) electrons. The van der Waals surface area contributed by atoms with E-state index in [2.05, 4.69) is 81.3 Å². The van der Waals surface area contributed by atoms with Crippen LogP contribution in [0.3, 0.4) is 0 Å². The van der Waals surface area contributed by atoms with E-state index in [0.717, 1.165) is 12.8 Å². The predicted molar refractivity (Wildman–Crippen MR) is 146 cm³/mol. The lowest BCUT2D eigenvalue weighted by atomic mass is 9.80. The zero-order valence-electron chi connectivity index (χ0n) is 23.6. The molecule has 0 bridgehead atoms. The quantitative estimate of drug-likeness (QED) is 0.403. The van der Waals surface area contributed by atoms with E-state index in [1.54, 1.807) is 0 Å². The molecule has 0 aliphatic carbocycles. The Morgan fingerprint density at radius 3 is 2.03 bits per heavy atom. The highest BCUT2D eigenvalue weighted by Crippen LogP contribution is 2.40. The van der Waals surface area contributed by atoms with Crippen LogP contribution in [0.5, 0.6) is 0 Å². The molecular formula is C31H43NO6. The van der Waals surface area contributed by atoms with Crippen molar-refractivity contribution in [1.82, 2.24) is 5.06 Å². The second-order valence-electron chi connectivity index (χ2n) is 11.6. The molecule has 1 saturated heterocycles. The van der Waals surface area contributed by atoms with Crippen LogP contribution in [0.1, 0.15) is 77.8 Å². The van der Waals surface area contributed by atoms with Gasteiger partial charge in [0, 0.05) is 29.8 Å². The van der Waals surface area contributed by atoms with Crippen molar-refractivity contribution in [3.63, 3.8) is 0 Å². The first-order valence-electron chi connectivity index (χ1n) is 13.5. The van der Waals surface area contributed by atoms with Crippen molar-refractivity contribution >= 4 is 11.9 Å². The van der Waals surface area contributed by atoms with Gasteiger partial charge < -0.3 is 14.6 Å². The summed E-state index contributed by atoms with van der Waals surface area (Å²) in [6, 6.07) is 21.0. The lowest BCUT2D eigenvalue weighted by Gasteiger charge is -2.53. The summed E-state index contributed by atoms with van der Waals surface area (Å²) in [5.41, 5.74) is 1.74. The third-order valence-corrected chi connectivity index (χ3v) is 7.10. The van der Waals surface area contributed by atoms with Gasteiger partial charge in [-0.1, -0.05) is 60.7 Å². The molecule has 3 rings (SSSR count). The molecular weight excluding hydrogens is 482 g/mol. The summed E-state index contributed by atoms with van der Waals surface area (Å²) in [4.78, 5) is 30.9. The van der Waals surface area contributed by atoms with Crippen LogP contribution in [0.15, 0.2) is 60.7 Å². The summed E-state index contributed by atoms with van der Waals surface area (Å²) in [6.07, 6.45) is 0.324. The summed E-state index contributed by atoms with van der Waals surface area (Å²) in [5.74, 6) is -1.24. The second kappa shape index (κ2) is 12.9. The van der Waals surface area contributed by atoms with Crippen LogP contribution in [-0.4, -0.2) is 58.1 Å². The number of aliphatic hydroxyl groups is 1. The van der Waals surface area contributed by atoms with Gasteiger partial charge in [0.05, 0.1) is 6.61 Å². The van der Waals surface area contributed by atoms with Crippen molar-refractivity contribution in [2.75, 3.05) is 6.61 Å². The molecule has 7 nitrogen and oxygen atoms in total. The molecule has 0 saturated carbocycles. The first kappa shape index (κ1) is 29.8. The highest BCUT2D eigenvalue weighted by Gasteiger charge is 2.48. The van der Waals surface area contributed by atoms with Gasteiger partial charge in [0.25, 0.3) is 0 Å². The molecule has 2 aromatic carbocycles. The van der Waals surface area contributed by atoms with Crippen LogP contribution in [0.2, 0.25) is 0 Å². The maximum absolute atomic E-state index is 12.6. The van der Waals surface area contributed by atoms with Gasteiger partial charge in [-0.25, -0.2) is 9.59 Å². The van der Waals surface area contributed by atoms with Crippen LogP contribution in [0.4, 0.5) is 0 Å². The molecule has 3 unspecified atom stereocenters. The first-order valence-corrected chi connectivity index (χ1v) is 13.5. The van der Waals surface area contributed by atoms with Crippen molar-refractivity contribution in [3.05, 3.63) is 71.8 Å². The number of hydrogen-bond donors (Lipinski definition) is 1. The number of aryl methyl sites for hydroxylation is 1. The van der Waals surface area contributed by atoms with Gasteiger partial charge in [-0.3, -0.25) is 4.84 Å². The van der Waals surface area contributed by atoms with Crippen LogP contribution in [0.25, 0.3) is 0 Å². The molecule has 0 amide bonds. The molecule has 1 fully saturated rings. The van der Waals surface area contributed by atoms with E-state index in [1.807, 2.05) is 12.1 Å². The number of esters is 2. The van der Waals surface area contributed by atoms with E-state index >= 15 is 0 Å². The van der Waals surface area contributed by atoms with Gasteiger partial charge in [0.15, 0.2) is 6.10 Å². The summed E-state index contributed by atoms with van der Waals surface area (Å²) in [6.45, 7) is 11.7. The van der Waals surface area contributed by atoms with E-state index in [9.17, 15) is 14.7 Å². The number of benzene rings is 2. The monoisotopic (exact) mass is 525 g/mol. The van der Waals surface area contributed by atoms with E-state index in [0.29, 0.717) is 19.4 Å². The highest BCUT2D eigenvalue weighted by molar-refractivity contribution is 5.80. The van der Waals surface area contributed by atoms with E-state index in [4.69, 9.17) is 14.3 Å². The number of piperidine rings is 1. The zero-order valence-corrected chi connectivity index (χ0v) is 23.6. The summed E-state index contributed by atoms with van der Waals surface area (Å²) >= 11 is 0. The van der Waals surface area contributed by atoms with Gasteiger partial charge in [-0.15, -0.1) is 0 Å². The van der Waals surface area contributed by atoms with Crippen molar-refractivity contribution in [3.8, 4) is 0 Å². The third kappa shape index (κ3) is 8.13. The van der Waals surface area contributed by atoms with E-state index in [1.165, 1.54) is 25.0 Å². The number of carbonyl (C=O) groups excluding carboxylic acids is 2. The van der Waals surface area contributed by atoms with Crippen molar-refractivity contribution in [1.29, 1.82) is 0 Å². The predicted octanol–water partition coefficient (Wildman–Crippen LogP) is 5.21. The minimum atomic E-state index is -1.30. The van der Waals surface area contributed by atoms with Gasteiger partial charge in [0.2, 0.25) is 0 Å². The Bertz CT molecular complexity index is 1020. The lowest BCUT2D eigenvalue weighted by Crippen LogP contribution is -2.62. The number of carbonyl (C=O) groups is 2. The summed E-state index contributed by atoms with van der Waals surface area (Å²) in [5, 5.41) is 11.4. The molecule has 7 heteroatoms. The van der Waals surface area contributed by atoms with Crippen LogP contribution >= 0.6 is 0 Å². The van der Waals surface area contributed by atoms with E-state index in [-0.39, 0.29) is 12.0 Å². The molecule has 38 heavy (non-hydrogen) atoms. The van der Waals surface area contributed by atoms with Crippen LogP contribution < -0.4 is 0 Å². The first-order chi connectivity index (χ1) is 17.9. The van der Waals surface area contributed by atoms with Crippen LogP contribution in [0, 0.1) is 0 Å². The topological polar surface area (TPSA) is 85.3 Å². The maximum atomic E-state index is 12.6. The smallest absolute Gasteiger partial charge is 0.347 e. The number of nitrogens with zero attached hydrogens (tertiary/aromatic N) is 1. The standard InChI is InChI=1S/C31H43NO6/c1-22(33)28(34)37-23(2)29(35)38-27-19-30(3,4)32(31(5,6)20-27)36-21-26(25-15-11-8-12-16-25)18-17-24-13-9-7-10-14-24/h7-16,22-23,26-27,33H,17-21H2,1-6H3. The zero-order chi connectivity index (χ0) is 27.9. The third-order valence-electron chi connectivity index (χ3n) is 7.10. The van der Waals surface area contributed by atoms with Gasteiger partial charge in [-0.2, -0.15) is 5.06 Å². The SMILES string of the molecule is CC(O)C(=O)OC(C)C(=O)OC1CC(C)(C)N(OCC(CCc2ccccc2)c2ccccc2)C(C)(C)C1. The number of hydroxylamine groups is 2. The molecule has 1 aliphatic heterocycles. The fraction of sp³-hybridized carbons (Fsp3) is 0.548. The number of hydrogen-bond acceptors (Lipinski definition) is 7. The fourth-order valence-corrected chi connectivity index (χ4v) is 5.41. The second-order valence-corrected chi connectivity index (χ2v) is 11.6. The minimum absolute atomic E-state index is 0.225. The average molecular weight is 526 g/mol. The molecule has 2 aromatic rings. The number of aliphatic hydroxyl groups excluding tert-OH is 1. The minimum Gasteiger partial charge on any atom is -0.459 e. The largest absolute Gasteiger partial charge is 0.459 e. The van der Waals surface area contributed by atoms with Gasteiger partial charge in [-0.05, 0) is 65.5 Å². The fourth-order valence-electron chi connectivity index (χ4n) is 5.41. The van der Waals surface area contributed by atoms with Crippen molar-refractivity contribution < 1.29 is 29.0 Å². The molecule has 208 valence electrons. The Kier molecular flexibility index (Phi) is 10.1. The Morgan fingerprint density at radius 2 is 1.47 bits per heavy atom. The molecule has 0 aromatic heterocycles. The number of rotatable bonds is 11. The molecule has 0 spiro atoms. The Labute approximate surface area is 227 Å². The van der Waals surface area contributed by atoms with Gasteiger partial charge in [0.1, 0.15) is 12.2 Å². The molecule has 3 atom stereocenters. The van der Waals surface area contributed by atoms with Crippen molar-refractivity contribution in [2.24, 2.45) is 0 Å². The average Bonchev–Trinajstić information content (AvgIpc) is 2.85. The number of ether oxygens (including phenoxy) is 2. The Morgan fingerprint density at radius 1 is 0.921 bits per heavy atom. The van der Waals surface area contributed by atoms with E-state index < -0.39 is 35.2 Å². The molecule has 1 N–H and O–H groups in total. The summed E-state index contributed by atoms with van der Waals surface area (Å²) in [7, 11) is 0. The Balaban J connectivity index is 1.65. The maximum Gasteiger partial charge on any atom is 0.347 e. The highest BCUT2D eigenvalue weighted by atomic mass is 16.7. The van der Waals surface area contributed by atoms with Crippen molar-refractivity contribution in [2.45, 2.75) is 103 Å². The van der Waals surface area contributed by atoms with Crippen LogP contribution in [-0.2, 0) is 30.3 Å². The lowest BCUT2D eigenvalue weighted by molar-refractivity contribution is -0.295. The normalized spacial score (nSPS) is 19.8. The molecule has 1 aliphatic rings. The molecule has 1 heterocycles. The van der Waals surface area contributed by atoms with Gasteiger partial charge >= 0.3 is 11.9 Å². The Hall–Kier alpha value is -2.74.